The first-order chi connectivity index (χ1) is 5.07. The van der Waals surface area contributed by atoms with E-state index in [9.17, 15) is 4.79 Å². The molecule has 11 heavy (non-hydrogen) atoms. The number of nitrogens with two attached hydrogens (primary N) is 2. The van der Waals surface area contributed by atoms with Crippen LogP contribution in [-0.2, 0) is 4.79 Å². The molecule has 0 spiro atoms. The minimum atomic E-state index is -0.724. The van der Waals surface area contributed by atoms with Crippen LogP contribution in [-0.4, -0.2) is 17.4 Å². The molecule has 0 aromatic heterocycles. The van der Waals surface area contributed by atoms with E-state index in [1.54, 1.807) is 0 Å². The molecule has 0 aromatic rings. The highest BCUT2D eigenvalue weighted by Crippen LogP contribution is 2.25. The number of hydrogen-bond donors (Lipinski definition) is 2. The molecule has 3 heteroatoms. The molecule has 0 radical (unpaired) electrons. The van der Waals surface area contributed by atoms with Crippen LogP contribution in [0.1, 0.15) is 32.6 Å². The normalized spacial score (nSPS) is 38.6. The van der Waals surface area contributed by atoms with Crippen molar-refractivity contribution in [2.75, 3.05) is 0 Å². The zero-order valence-electron chi connectivity index (χ0n) is 6.97. The van der Waals surface area contributed by atoms with E-state index < -0.39 is 5.54 Å². The standard InChI is InChI=1S/C8H16N2O/c1-6(11)8(10)5-3-2-4-7(8)9/h7H,2-5,9-10H2,1H3. The van der Waals surface area contributed by atoms with Gasteiger partial charge >= 0.3 is 0 Å². The molecule has 4 N–H and O–H groups in total. The molecule has 0 aliphatic heterocycles. The van der Waals surface area contributed by atoms with Gasteiger partial charge < -0.3 is 11.5 Å². The van der Waals surface area contributed by atoms with E-state index in [-0.39, 0.29) is 11.8 Å². The van der Waals surface area contributed by atoms with E-state index in [2.05, 4.69) is 0 Å². The Morgan fingerprint density at radius 2 is 2.18 bits per heavy atom. The maximum Gasteiger partial charge on any atom is 0.151 e. The fourth-order valence-corrected chi connectivity index (χ4v) is 1.66. The van der Waals surface area contributed by atoms with E-state index >= 15 is 0 Å². The van der Waals surface area contributed by atoms with Crippen molar-refractivity contribution in [3.05, 3.63) is 0 Å². The summed E-state index contributed by atoms with van der Waals surface area (Å²) in [5, 5.41) is 0. The lowest BCUT2D eigenvalue weighted by Crippen LogP contribution is -2.61. The second-order valence-electron chi connectivity index (χ2n) is 3.45. The Labute approximate surface area is 67.1 Å². The Bertz CT molecular complexity index is 169. The Morgan fingerprint density at radius 3 is 2.55 bits per heavy atom. The van der Waals surface area contributed by atoms with Gasteiger partial charge in [-0.15, -0.1) is 0 Å². The molecule has 64 valence electrons. The Balaban J connectivity index is 2.72. The maximum atomic E-state index is 11.1. The molecule has 1 saturated carbocycles. The third-order valence-corrected chi connectivity index (χ3v) is 2.67. The van der Waals surface area contributed by atoms with Gasteiger partial charge in [0.1, 0.15) is 0 Å². The van der Waals surface area contributed by atoms with Gasteiger partial charge in [-0.25, -0.2) is 0 Å². The smallest absolute Gasteiger partial charge is 0.151 e. The lowest BCUT2D eigenvalue weighted by molar-refractivity contribution is -0.123. The summed E-state index contributed by atoms with van der Waals surface area (Å²) in [6.07, 6.45) is 3.77. The molecule has 2 unspecified atom stereocenters. The molecular formula is C8H16N2O. The summed E-state index contributed by atoms with van der Waals surface area (Å²) in [5.74, 6) is 0.0321. The van der Waals surface area contributed by atoms with Crippen LogP contribution >= 0.6 is 0 Å². The predicted molar refractivity (Wildman–Crippen MR) is 44.0 cm³/mol. The van der Waals surface area contributed by atoms with Crippen LogP contribution in [0, 0.1) is 0 Å². The molecule has 3 nitrogen and oxygen atoms in total. The first-order valence-electron chi connectivity index (χ1n) is 4.13. The molecule has 0 saturated heterocycles. The van der Waals surface area contributed by atoms with Crippen molar-refractivity contribution >= 4 is 5.78 Å². The number of hydrogen-bond acceptors (Lipinski definition) is 3. The highest BCUT2D eigenvalue weighted by Gasteiger charge is 2.38. The topological polar surface area (TPSA) is 69.1 Å². The molecule has 2 atom stereocenters. The largest absolute Gasteiger partial charge is 0.326 e. The highest BCUT2D eigenvalue weighted by molar-refractivity contribution is 5.86. The Hall–Kier alpha value is -0.410. The fourth-order valence-electron chi connectivity index (χ4n) is 1.66. The first-order valence-corrected chi connectivity index (χ1v) is 4.13. The van der Waals surface area contributed by atoms with E-state index in [0.717, 1.165) is 25.7 Å². The Kier molecular flexibility index (Phi) is 2.30. The lowest BCUT2D eigenvalue weighted by Gasteiger charge is -2.36. The second kappa shape index (κ2) is 2.91. The zero-order valence-corrected chi connectivity index (χ0v) is 6.97. The number of carbonyl (C=O) groups excluding carboxylic acids is 1. The van der Waals surface area contributed by atoms with Crippen molar-refractivity contribution in [3.63, 3.8) is 0 Å². The van der Waals surface area contributed by atoms with Crippen LogP contribution in [0.2, 0.25) is 0 Å². The SMILES string of the molecule is CC(=O)C1(N)CCCCC1N. The highest BCUT2D eigenvalue weighted by atomic mass is 16.1. The maximum absolute atomic E-state index is 11.1. The summed E-state index contributed by atoms with van der Waals surface area (Å²) < 4.78 is 0. The number of ketones is 1. The first kappa shape index (κ1) is 8.68. The van der Waals surface area contributed by atoms with Crippen molar-refractivity contribution in [3.8, 4) is 0 Å². The molecule has 0 heterocycles. The van der Waals surface area contributed by atoms with Crippen LogP contribution < -0.4 is 11.5 Å². The van der Waals surface area contributed by atoms with Gasteiger partial charge in [-0.05, 0) is 19.8 Å². The minimum absolute atomic E-state index is 0.0321. The summed E-state index contributed by atoms with van der Waals surface area (Å²) in [5.41, 5.74) is 10.9. The average molecular weight is 156 g/mol. The van der Waals surface area contributed by atoms with Gasteiger partial charge in [0, 0.05) is 6.04 Å². The molecule has 1 fully saturated rings. The fraction of sp³-hybridized carbons (Fsp3) is 0.875. The lowest BCUT2D eigenvalue weighted by atomic mass is 9.76. The zero-order chi connectivity index (χ0) is 8.48. The van der Waals surface area contributed by atoms with Crippen LogP contribution in [0.3, 0.4) is 0 Å². The number of Topliss-reactive ketones (excluding diaryl/α,β-unsaturated/α-hetero) is 1. The summed E-state index contributed by atoms with van der Waals surface area (Å²) >= 11 is 0. The monoisotopic (exact) mass is 156 g/mol. The quantitative estimate of drug-likeness (QED) is 0.568. The van der Waals surface area contributed by atoms with E-state index in [1.807, 2.05) is 0 Å². The van der Waals surface area contributed by atoms with Crippen LogP contribution in [0.5, 0.6) is 0 Å². The molecule has 0 aromatic carbocycles. The molecule has 1 aliphatic carbocycles. The van der Waals surface area contributed by atoms with Gasteiger partial charge in [0.2, 0.25) is 0 Å². The second-order valence-corrected chi connectivity index (χ2v) is 3.45. The van der Waals surface area contributed by atoms with Gasteiger partial charge in [0.05, 0.1) is 5.54 Å². The van der Waals surface area contributed by atoms with E-state index in [0.29, 0.717) is 0 Å². The number of carbonyl (C=O) groups is 1. The summed E-state index contributed by atoms with van der Waals surface area (Å²) in [7, 11) is 0. The van der Waals surface area contributed by atoms with Gasteiger partial charge in [-0.3, -0.25) is 4.79 Å². The molecular weight excluding hydrogens is 140 g/mol. The van der Waals surface area contributed by atoms with Crippen LogP contribution in [0.4, 0.5) is 0 Å². The molecule has 0 amide bonds. The van der Waals surface area contributed by atoms with Crippen LogP contribution in [0.25, 0.3) is 0 Å². The van der Waals surface area contributed by atoms with E-state index in [4.69, 9.17) is 11.5 Å². The number of rotatable bonds is 1. The average Bonchev–Trinajstić information content (AvgIpc) is 1.95. The van der Waals surface area contributed by atoms with Gasteiger partial charge in [0.15, 0.2) is 5.78 Å². The summed E-state index contributed by atoms with van der Waals surface area (Å²) in [6.45, 7) is 1.53. The Morgan fingerprint density at radius 1 is 1.55 bits per heavy atom. The van der Waals surface area contributed by atoms with Gasteiger partial charge in [-0.1, -0.05) is 12.8 Å². The third-order valence-electron chi connectivity index (χ3n) is 2.67. The minimum Gasteiger partial charge on any atom is -0.326 e. The summed E-state index contributed by atoms with van der Waals surface area (Å²) in [4.78, 5) is 11.1. The predicted octanol–water partition coefficient (Wildman–Crippen LogP) is 0.174. The van der Waals surface area contributed by atoms with Crippen molar-refractivity contribution in [2.24, 2.45) is 11.5 Å². The van der Waals surface area contributed by atoms with Crippen molar-refractivity contribution in [2.45, 2.75) is 44.2 Å². The van der Waals surface area contributed by atoms with Crippen molar-refractivity contribution in [1.82, 2.24) is 0 Å². The summed E-state index contributed by atoms with van der Waals surface area (Å²) in [6, 6.07) is -0.131. The van der Waals surface area contributed by atoms with Crippen LogP contribution in [0.15, 0.2) is 0 Å². The molecule has 1 rings (SSSR count). The van der Waals surface area contributed by atoms with Gasteiger partial charge in [-0.2, -0.15) is 0 Å². The molecule has 1 aliphatic rings. The van der Waals surface area contributed by atoms with E-state index in [1.165, 1.54) is 6.92 Å². The molecule has 0 bridgehead atoms. The van der Waals surface area contributed by atoms with Crippen molar-refractivity contribution < 1.29 is 4.79 Å². The van der Waals surface area contributed by atoms with Gasteiger partial charge in [0.25, 0.3) is 0 Å². The van der Waals surface area contributed by atoms with Crippen molar-refractivity contribution in [1.29, 1.82) is 0 Å². The third kappa shape index (κ3) is 1.44.